The second-order valence-corrected chi connectivity index (χ2v) is 8.56. The van der Waals surface area contributed by atoms with Gasteiger partial charge in [0.2, 0.25) is 0 Å². The highest BCUT2D eigenvalue weighted by Crippen LogP contribution is 2.29. The van der Waals surface area contributed by atoms with Crippen LogP contribution in [0.4, 0.5) is 15.8 Å². The quantitative estimate of drug-likeness (QED) is 0.832. The van der Waals surface area contributed by atoms with Crippen LogP contribution >= 0.6 is 0 Å². The molecule has 2 aromatic carbocycles. The zero-order chi connectivity index (χ0) is 19.8. The van der Waals surface area contributed by atoms with Gasteiger partial charge in [-0.25, -0.2) is 12.8 Å². The molecular formula is C19H23FN2O4S. The van der Waals surface area contributed by atoms with E-state index in [9.17, 15) is 17.9 Å². The lowest BCUT2D eigenvalue weighted by Gasteiger charge is -2.37. The van der Waals surface area contributed by atoms with Crippen LogP contribution in [0, 0.1) is 12.7 Å². The number of anilines is 2. The van der Waals surface area contributed by atoms with Crippen LogP contribution in [-0.4, -0.2) is 38.8 Å². The summed E-state index contributed by atoms with van der Waals surface area (Å²) in [6.45, 7) is 6.69. The molecule has 2 N–H and O–H groups in total. The maximum atomic E-state index is 14.6. The Balaban J connectivity index is 1.84. The van der Waals surface area contributed by atoms with Crippen molar-refractivity contribution in [1.29, 1.82) is 0 Å². The monoisotopic (exact) mass is 394 g/mol. The summed E-state index contributed by atoms with van der Waals surface area (Å²) in [5.41, 5.74) is 1.18. The lowest BCUT2D eigenvalue weighted by molar-refractivity contribution is -0.00539. The zero-order valence-electron chi connectivity index (χ0n) is 15.4. The maximum absolute atomic E-state index is 14.6. The largest absolute Gasteiger partial charge is 0.507 e. The molecule has 1 fully saturated rings. The van der Waals surface area contributed by atoms with E-state index in [1.807, 2.05) is 18.7 Å². The predicted octanol–water partition coefficient (Wildman–Crippen LogP) is 3.25. The minimum Gasteiger partial charge on any atom is -0.507 e. The Morgan fingerprint density at radius 2 is 1.81 bits per heavy atom. The average molecular weight is 394 g/mol. The van der Waals surface area contributed by atoms with Crippen molar-refractivity contribution in [3.05, 3.63) is 47.8 Å². The maximum Gasteiger partial charge on any atom is 0.265 e. The van der Waals surface area contributed by atoms with E-state index in [4.69, 9.17) is 4.74 Å². The van der Waals surface area contributed by atoms with Crippen LogP contribution in [0.5, 0.6) is 5.75 Å². The second-order valence-electron chi connectivity index (χ2n) is 6.91. The van der Waals surface area contributed by atoms with Gasteiger partial charge in [-0.3, -0.25) is 4.72 Å². The molecule has 0 bridgehead atoms. The van der Waals surface area contributed by atoms with Crippen molar-refractivity contribution in [2.45, 2.75) is 37.9 Å². The Hall–Kier alpha value is -2.32. The summed E-state index contributed by atoms with van der Waals surface area (Å²) in [5, 5.41) is 9.86. The van der Waals surface area contributed by atoms with Gasteiger partial charge in [-0.2, -0.15) is 0 Å². The van der Waals surface area contributed by atoms with Gasteiger partial charge in [-0.05, 0) is 50.6 Å². The highest BCUT2D eigenvalue weighted by Gasteiger charge is 2.25. The number of aryl methyl sites for hydroxylation is 1. The molecule has 2 atom stereocenters. The second kappa shape index (κ2) is 7.36. The molecule has 1 saturated heterocycles. The smallest absolute Gasteiger partial charge is 0.265 e. The van der Waals surface area contributed by atoms with E-state index >= 15 is 0 Å². The summed E-state index contributed by atoms with van der Waals surface area (Å²) in [5.74, 6) is -0.883. The van der Waals surface area contributed by atoms with Gasteiger partial charge in [0.05, 0.1) is 23.6 Å². The minimum atomic E-state index is -4.04. The molecule has 0 unspecified atom stereocenters. The van der Waals surface area contributed by atoms with Crippen molar-refractivity contribution in [1.82, 2.24) is 0 Å². The molecular weight excluding hydrogens is 371 g/mol. The minimum absolute atomic E-state index is 0.0179. The first-order valence-corrected chi connectivity index (χ1v) is 10.2. The molecule has 6 nitrogen and oxygen atoms in total. The Kier molecular flexibility index (Phi) is 5.30. The number of phenols is 1. The molecule has 1 aliphatic rings. The number of hydrogen-bond acceptors (Lipinski definition) is 5. The molecule has 0 saturated carbocycles. The van der Waals surface area contributed by atoms with E-state index in [1.54, 1.807) is 19.1 Å². The van der Waals surface area contributed by atoms with Crippen LogP contribution in [-0.2, 0) is 14.8 Å². The third kappa shape index (κ3) is 4.33. The van der Waals surface area contributed by atoms with E-state index in [0.29, 0.717) is 24.3 Å². The highest BCUT2D eigenvalue weighted by molar-refractivity contribution is 7.92. The molecule has 1 heterocycles. The Bertz CT molecular complexity index is 939. The van der Waals surface area contributed by atoms with Crippen LogP contribution in [0.2, 0.25) is 0 Å². The highest BCUT2D eigenvalue weighted by atomic mass is 32.2. The van der Waals surface area contributed by atoms with Crippen molar-refractivity contribution >= 4 is 21.4 Å². The van der Waals surface area contributed by atoms with Gasteiger partial charge in [0.1, 0.15) is 16.5 Å². The number of hydrogen-bond donors (Lipinski definition) is 2. The van der Waals surface area contributed by atoms with Gasteiger partial charge in [0.15, 0.2) is 0 Å². The SMILES string of the molecule is Cc1ccc(O)c(S(=O)(=O)Nc2ccc(N3C[C@@H](C)O[C@H](C)C3)c(F)c2)c1. The molecule has 0 radical (unpaired) electrons. The Labute approximate surface area is 158 Å². The number of nitrogens with zero attached hydrogens (tertiary/aromatic N) is 1. The Morgan fingerprint density at radius 3 is 2.44 bits per heavy atom. The third-order valence-corrected chi connectivity index (χ3v) is 5.78. The molecule has 0 aliphatic carbocycles. The van der Waals surface area contributed by atoms with Crippen molar-refractivity contribution in [3.63, 3.8) is 0 Å². The summed E-state index contributed by atoms with van der Waals surface area (Å²) >= 11 is 0. The topological polar surface area (TPSA) is 78.9 Å². The number of rotatable bonds is 4. The first-order chi connectivity index (χ1) is 12.7. The zero-order valence-corrected chi connectivity index (χ0v) is 16.3. The van der Waals surface area contributed by atoms with E-state index in [0.717, 1.165) is 6.07 Å². The lowest BCUT2D eigenvalue weighted by Crippen LogP contribution is -2.45. The number of ether oxygens (including phenoxy) is 1. The number of halogens is 1. The predicted molar refractivity (Wildman–Crippen MR) is 102 cm³/mol. The molecule has 2 aromatic rings. The molecule has 3 rings (SSSR count). The standard InChI is InChI=1S/C19H23FN2O4S/c1-12-4-7-18(23)19(8-12)27(24,25)21-15-5-6-17(16(20)9-15)22-10-13(2)26-14(3)11-22/h4-9,13-14,21,23H,10-11H2,1-3H3/t13-,14-/m1/s1. The number of sulfonamides is 1. The van der Waals surface area contributed by atoms with Gasteiger partial charge < -0.3 is 14.7 Å². The van der Waals surface area contributed by atoms with Crippen molar-refractivity contribution in [3.8, 4) is 5.75 Å². The van der Waals surface area contributed by atoms with Gasteiger partial charge in [0.25, 0.3) is 10.0 Å². The number of benzene rings is 2. The lowest BCUT2D eigenvalue weighted by atomic mass is 10.2. The van der Waals surface area contributed by atoms with E-state index in [-0.39, 0.29) is 28.5 Å². The summed E-state index contributed by atoms with van der Waals surface area (Å²) in [7, 11) is -4.04. The number of nitrogens with one attached hydrogen (secondary N) is 1. The molecule has 27 heavy (non-hydrogen) atoms. The van der Waals surface area contributed by atoms with Gasteiger partial charge in [-0.1, -0.05) is 6.07 Å². The number of aromatic hydroxyl groups is 1. The van der Waals surface area contributed by atoms with Crippen molar-refractivity contribution in [2.75, 3.05) is 22.7 Å². The van der Waals surface area contributed by atoms with Crippen LogP contribution in [0.3, 0.4) is 0 Å². The third-order valence-electron chi connectivity index (χ3n) is 4.37. The molecule has 0 aromatic heterocycles. The van der Waals surface area contributed by atoms with Crippen molar-refractivity contribution < 1.29 is 22.7 Å². The van der Waals surface area contributed by atoms with Gasteiger partial charge >= 0.3 is 0 Å². The first kappa shape index (κ1) is 19.4. The fraction of sp³-hybridized carbons (Fsp3) is 0.368. The summed E-state index contributed by atoms with van der Waals surface area (Å²) in [4.78, 5) is 1.64. The van der Waals surface area contributed by atoms with Crippen LogP contribution in [0.25, 0.3) is 0 Å². The van der Waals surface area contributed by atoms with Crippen molar-refractivity contribution in [2.24, 2.45) is 0 Å². The number of phenolic OH excluding ortho intramolecular Hbond substituents is 1. The summed E-state index contributed by atoms with van der Waals surface area (Å²) in [6.07, 6.45) is -0.0359. The molecule has 0 amide bonds. The van der Waals surface area contributed by atoms with Gasteiger partial charge in [-0.15, -0.1) is 0 Å². The Morgan fingerprint density at radius 1 is 1.15 bits per heavy atom. The van der Waals surface area contributed by atoms with Crippen LogP contribution in [0.15, 0.2) is 41.3 Å². The number of morpholine rings is 1. The fourth-order valence-electron chi connectivity index (χ4n) is 3.25. The van der Waals surface area contributed by atoms with E-state index < -0.39 is 15.8 Å². The van der Waals surface area contributed by atoms with Crippen LogP contribution < -0.4 is 9.62 Å². The van der Waals surface area contributed by atoms with Gasteiger partial charge in [0, 0.05) is 19.2 Å². The normalized spacial score (nSPS) is 20.5. The van der Waals surface area contributed by atoms with Crippen LogP contribution in [0.1, 0.15) is 19.4 Å². The fourth-order valence-corrected chi connectivity index (χ4v) is 4.48. The summed E-state index contributed by atoms with van der Waals surface area (Å²) < 4.78 is 47.7. The van der Waals surface area contributed by atoms with E-state index in [1.165, 1.54) is 18.2 Å². The first-order valence-electron chi connectivity index (χ1n) is 8.68. The average Bonchev–Trinajstić information content (AvgIpc) is 2.55. The molecule has 1 aliphatic heterocycles. The molecule has 0 spiro atoms. The summed E-state index contributed by atoms with van der Waals surface area (Å²) in [6, 6.07) is 8.48. The molecule has 146 valence electrons. The molecule has 8 heteroatoms. The van der Waals surface area contributed by atoms with E-state index in [2.05, 4.69) is 4.72 Å².